The Bertz CT molecular complexity index is 1090. The van der Waals surface area contributed by atoms with Crippen LogP contribution in [0.4, 0.5) is 0 Å². The summed E-state index contributed by atoms with van der Waals surface area (Å²) in [6.45, 7) is -0.677. The largest absolute Gasteiger partial charge is 0.507 e. The molecule has 3 N–H and O–H groups in total. The van der Waals surface area contributed by atoms with E-state index in [4.69, 9.17) is 32.7 Å². The monoisotopic (exact) mass is 422 g/mol. The molecule has 0 atom stereocenters. The number of carboxylic acid groups (broad SMARTS) is 1. The normalized spacial score (nSPS) is 10.9. The fourth-order valence-electron chi connectivity index (χ4n) is 3.22. The second-order valence-electron chi connectivity index (χ2n) is 5.89. The minimum absolute atomic E-state index is 0.0891. The lowest BCUT2D eigenvalue weighted by Gasteiger charge is -2.19. The van der Waals surface area contributed by atoms with Crippen molar-refractivity contribution in [2.24, 2.45) is 0 Å². The number of carbonyl (C=O) groups is 1. The van der Waals surface area contributed by atoms with E-state index in [2.05, 4.69) is 0 Å². The molecule has 28 heavy (non-hydrogen) atoms. The van der Waals surface area contributed by atoms with Crippen LogP contribution in [0.1, 0.15) is 15.9 Å². The number of carboxylic acids is 1. The minimum Gasteiger partial charge on any atom is -0.507 e. The number of aliphatic hydroxyl groups is 1. The second kappa shape index (κ2) is 7.75. The Labute approximate surface area is 170 Å². The lowest BCUT2D eigenvalue weighted by Crippen LogP contribution is -2.07. The van der Waals surface area contributed by atoms with Crippen LogP contribution in [0.3, 0.4) is 0 Å². The van der Waals surface area contributed by atoms with E-state index < -0.39 is 12.6 Å². The number of aliphatic hydroxyl groups excluding tert-OH is 1. The van der Waals surface area contributed by atoms with Gasteiger partial charge in [-0.3, -0.25) is 0 Å². The number of aromatic hydroxyl groups is 1. The molecule has 3 aromatic rings. The zero-order chi connectivity index (χ0) is 20.6. The van der Waals surface area contributed by atoms with Gasteiger partial charge in [-0.25, -0.2) is 4.79 Å². The molecule has 0 heterocycles. The summed E-state index contributed by atoms with van der Waals surface area (Å²) in [7, 11) is 2.94. The van der Waals surface area contributed by atoms with Gasteiger partial charge in [-0.15, -0.1) is 0 Å². The van der Waals surface area contributed by atoms with Crippen molar-refractivity contribution in [1.82, 2.24) is 0 Å². The van der Waals surface area contributed by atoms with E-state index >= 15 is 0 Å². The number of rotatable bonds is 5. The van der Waals surface area contributed by atoms with Crippen molar-refractivity contribution in [2.75, 3.05) is 14.2 Å². The lowest BCUT2D eigenvalue weighted by molar-refractivity contribution is 0.0693. The van der Waals surface area contributed by atoms with Crippen molar-refractivity contribution >= 4 is 39.9 Å². The van der Waals surface area contributed by atoms with Crippen molar-refractivity contribution in [3.8, 4) is 28.4 Å². The van der Waals surface area contributed by atoms with Gasteiger partial charge in [0, 0.05) is 21.9 Å². The van der Waals surface area contributed by atoms with Crippen LogP contribution < -0.4 is 9.47 Å². The Hall–Kier alpha value is -2.67. The highest BCUT2D eigenvalue weighted by Crippen LogP contribution is 2.47. The fraction of sp³-hybridized carbons (Fsp3) is 0.150. The maximum Gasteiger partial charge on any atom is 0.336 e. The van der Waals surface area contributed by atoms with Crippen LogP contribution in [0.5, 0.6) is 17.2 Å². The molecule has 3 rings (SSSR count). The number of methoxy groups -OCH3 is 2. The number of aromatic carboxylic acids is 1. The summed E-state index contributed by atoms with van der Waals surface area (Å²) in [6, 6.07) is 7.86. The Balaban J connectivity index is 2.57. The molecule has 146 valence electrons. The number of benzene rings is 3. The SMILES string of the molecule is COc1ccc(-c2c(C(=O)O)c(CO)c(O)c3ccc(Cl)c(Cl)c23)cc1OC. The van der Waals surface area contributed by atoms with Crippen molar-refractivity contribution in [2.45, 2.75) is 6.61 Å². The Kier molecular flexibility index (Phi) is 5.56. The minimum atomic E-state index is -1.33. The topological polar surface area (TPSA) is 96.2 Å². The van der Waals surface area contributed by atoms with Crippen LogP contribution >= 0.6 is 23.2 Å². The van der Waals surface area contributed by atoms with Crippen molar-refractivity contribution in [3.05, 3.63) is 51.5 Å². The molecule has 0 saturated carbocycles. The fourth-order valence-corrected chi connectivity index (χ4v) is 3.64. The molecule has 0 fully saturated rings. The first kappa shape index (κ1) is 20.1. The Morgan fingerprint density at radius 3 is 2.32 bits per heavy atom. The first-order chi connectivity index (χ1) is 13.3. The summed E-state index contributed by atoms with van der Waals surface area (Å²) in [5.41, 5.74) is 0.254. The summed E-state index contributed by atoms with van der Waals surface area (Å²) >= 11 is 12.6. The molecule has 0 saturated heterocycles. The molecular formula is C20H16Cl2O6. The van der Waals surface area contributed by atoms with Gasteiger partial charge in [0.25, 0.3) is 0 Å². The molecule has 0 amide bonds. The first-order valence-electron chi connectivity index (χ1n) is 8.07. The molecule has 0 aliphatic rings. The summed E-state index contributed by atoms with van der Waals surface area (Å²) in [6.07, 6.45) is 0. The van der Waals surface area contributed by atoms with Gasteiger partial charge in [0.05, 0.1) is 36.4 Å². The molecule has 8 heteroatoms. The maximum absolute atomic E-state index is 12.1. The standard InChI is InChI=1S/C20H16Cl2O6/c1-27-13-6-3-9(7-14(13)28-2)15-16-10(4-5-12(21)18(16)22)19(24)11(8-23)17(15)20(25)26/h3-7,23-24H,8H2,1-2H3,(H,25,26). The second-order valence-corrected chi connectivity index (χ2v) is 6.68. The zero-order valence-electron chi connectivity index (χ0n) is 14.9. The number of phenols is 1. The van der Waals surface area contributed by atoms with Crippen LogP contribution in [0.2, 0.25) is 10.0 Å². The average Bonchev–Trinajstić information content (AvgIpc) is 2.69. The number of ether oxygens (including phenoxy) is 2. The summed E-state index contributed by atoms with van der Waals surface area (Å²) in [5, 5.41) is 31.0. The number of hydrogen-bond acceptors (Lipinski definition) is 5. The van der Waals surface area contributed by atoms with Gasteiger partial charge in [-0.1, -0.05) is 29.3 Å². The van der Waals surface area contributed by atoms with E-state index in [9.17, 15) is 20.1 Å². The predicted octanol–water partition coefficient (Wildman–Crippen LogP) is 4.73. The highest BCUT2D eigenvalue weighted by atomic mass is 35.5. The van der Waals surface area contributed by atoms with Gasteiger partial charge in [0.1, 0.15) is 5.75 Å². The van der Waals surface area contributed by atoms with Gasteiger partial charge < -0.3 is 24.8 Å². The third-order valence-electron chi connectivity index (χ3n) is 4.48. The molecule has 3 aromatic carbocycles. The third-order valence-corrected chi connectivity index (χ3v) is 5.29. The molecule has 0 bridgehead atoms. The van der Waals surface area contributed by atoms with Crippen molar-refractivity contribution in [1.29, 1.82) is 0 Å². The smallest absolute Gasteiger partial charge is 0.336 e. The molecule has 0 spiro atoms. The maximum atomic E-state index is 12.1. The molecule has 0 aromatic heterocycles. The van der Waals surface area contributed by atoms with Gasteiger partial charge in [-0.2, -0.15) is 0 Å². The van der Waals surface area contributed by atoms with Crippen LogP contribution in [-0.4, -0.2) is 35.5 Å². The van der Waals surface area contributed by atoms with Crippen LogP contribution in [0, 0.1) is 0 Å². The summed E-state index contributed by atoms with van der Waals surface area (Å²) in [5.74, 6) is -0.862. The van der Waals surface area contributed by atoms with Crippen LogP contribution in [0.15, 0.2) is 30.3 Å². The molecule has 0 radical (unpaired) electrons. The van der Waals surface area contributed by atoms with Gasteiger partial charge in [0.15, 0.2) is 11.5 Å². The molecule has 0 unspecified atom stereocenters. The van der Waals surface area contributed by atoms with E-state index in [-0.39, 0.29) is 43.3 Å². The Morgan fingerprint density at radius 1 is 1.07 bits per heavy atom. The molecule has 0 aliphatic heterocycles. The highest BCUT2D eigenvalue weighted by Gasteiger charge is 2.27. The number of halogens is 2. The van der Waals surface area contributed by atoms with Gasteiger partial charge in [-0.05, 0) is 29.8 Å². The quantitative estimate of drug-likeness (QED) is 0.549. The zero-order valence-corrected chi connectivity index (χ0v) is 16.4. The first-order valence-corrected chi connectivity index (χ1v) is 8.83. The van der Waals surface area contributed by atoms with E-state index in [1.54, 1.807) is 18.2 Å². The third kappa shape index (κ3) is 3.09. The van der Waals surface area contributed by atoms with Crippen molar-refractivity contribution in [3.63, 3.8) is 0 Å². The van der Waals surface area contributed by atoms with E-state index in [0.29, 0.717) is 17.1 Å². The highest BCUT2D eigenvalue weighted by molar-refractivity contribution is 6.46. The molecule has 6 nitrogen and oxygen atoms in total. The van der Waals surface area contributed by atoms with Crippen LogP contribution in [0.25, 0.3) is 21.9 Å². The Morgan fingerprint density at radius 2 is 1.75 bits per heavy atom. The molecular weight excluding hydrogens is 407 g/mol. The predicted molar refractivity (Wildman–Crippen MR) is 107 cm³/mol. The summed E-state index contributed by atoms with van der Waals surface area (Å²) < 4.78 is 10.5. The molecule has 0 aliphatic carbocycles. The van der Waals surface area contributed by atoms with E-state index in [0.717, 1.165) is 0 Å². The summed E-state index contributed by atoms with van der Waals surface area (Å²) in [4.78, 5) is 12.1. The number of fused-ring (bicyclic) bond motifs is 1. The van der Waals surface area contributed by atoms with E-state index in [1.165, 1.54) is 26.4 Å². The average molecular weight is 423 g/mol. The lowest BCUT2D eigenvalue weighted by atomic mass is 9.88. The number of hydrogen-bond donors (Lipinski definition) is 3. The van der Waals surface area contributed by atoms with Crippen LogP contribution in [-0.2, 0) is 6.61 Å². The van der Waals surface area contributed by atoms with Gasteiger partial charge in [0.2, 0.25) is 0 Å². The van der Waals surface area contributed by atoms with Crippen molar-refractivity contribution < 1.29 is 29.6 Å². The van der Waals surface area contributed by atoms with Gasteiger partial charge >= 0.3 is 5.97 Å². The van der Waals surface area contributed by atoms with E-state index in [1.807, 2.05) is 0 Å².